The van der Waals surface area contributed by atoms with Crippen LogP contribution in [-0.2, 0) is 48.8 Å². The first-order chi connectivity index (χ1) is 25.0. The molecule has 2 saturated carbocycles. The maximum Gasteiger partial charge on any atom is 0.410 e. The summed E-state index contributed by atoms with van der Waals surface area (Å²) < 4.78 is 47.5. The van der Waals surface area contributed by atoms with Gasteiger partial charge in [0.1, 0.15) is 23.5 Å². The van der Waals surface area contributed by atoms with Crippen molar-refractivity contribution in [3.63, 3.8) is 0 Å². The predicted octanol–water partition coefficient (Wildman–Crippen LogP) is 4.19. The Balaban J connectivity index is 1.18. The topological polar surface area (TPSA) is 154 Å². The first-order valence-electron chi connectivity index (χ1n) is 18.3. The molecule has 3 N–H and O–H groups in total. The Morgan fingerprint density at radius 1 is 1.02 bits per heavy atom. The quantitative estimate of drug-likeness (QED) is 0.171. The molecule has 0 bridgehead atoms. The van der Waals surface area contributed by atoms with Gasteiger partial charge in [-0.2, -0.15) is 0 Å². The molecule has 2 aromatic carbocycles. The van der Waals surface area contributed by atoms with E-state index in [1.54, 1.807) is 12.1 Å². The number of halogens is 1. The molecule has 3 fully saturated rings. The summed E-state index contributed by atoms with van der Waals surface area (Å²) in [5, 5.41) is 5.55. The smallest absolute Gasteiger partial charge is 0.410 e. The van der Waals surface area contributed by atoms with Crippen LogP contribution < -0.4 is 15.4 Å². The Labute approximate surface area is 304 Å². The second-order valence-electron chi connectivity index (χ2n) is 14.4. The summed E-state index contributed by atoms with van der Waals surface area (Å²) >= 11 is 0. The third-order valence-electron chi connectivity index (χ3n) is 10.3. The molecule has 1 saturated heterocycles. The number of likely N-dealkylation sites (tertiary alicyclic amines) is 1. The van der Waals surface area contributed by atoms with Gasteiger partial charge in [-0.1, -0.05) is 67.5 Å². The molecule has 2 heterocycles. The van der Waals surface area contributed by atoms with Gasteiger partial charge in [0.25, 0.3) is 5.91 Å². The number of carbonyl (C=O) groups excluding carboxylic acids is 4. The van der Waals surface area contributed by atoms with E-state index in [-0.39, 0.29) is 44.8 Å². The maximum absolute atomic E-state index is 14.4. The second kappa shape index (κ2) is 16.2. The zero-order chi connectivity index (χ0) is 36.9. The number of fused-ring (bicyclic) bond motifs is 1. The monoisotopic (exact) mass is 737 g/mol. The van der Waals surface area contributed by atoms with Crippen molar-refractivity contribution in [1.29, 1.82) is 0 Å². The number of carbonyl (C=O) groups is 4. The molecule has 4 amide bonds. The van der Waals surface area contributed by atoms with Crippen LogP contribution in [-0.4, -0.2) is 77.6 Å². The van der Waals surface area contributed by atoms with E-state index < -0.39 is 62.7 Å². The molecule has 12 nitrogen and oxygen atoms in total. The molecule has 2 aliphatic carbocycles. The standard InChI is InChI=1S/C38H48FN5O7S/c1-2-3-4-5-6-10-16-32(40-22-26-12-8-7-9-13-26)35(46)44-24-28(51-37(48)43-23-27-14-11-15-31(39)30(27)25-43)21-33(44)34(45)41-38(19-20-38)36(47)42-52(49,50)29-17-18-29/h2-3,7-9,11-15,28-29,32-33,40H,4-6,10,16-25H2,1H3,(H,41,45)(H,42,47)/b3-2-/t28-,32+,33+/m1/s1. The summed E-state index contributed by atoms with van der Waals surface area (Å²) in [5.41, 5.74) is 0.704. The Bertz CT molecular complexity index is 1780. The number of nitrogens with zero attached hydrogens (tertiary/aromatic N) is 2. The van der Waals surface area contributed by atoms with Gasteiger partial charge >= 0.3 is 6.09 Å². The van der Waals surface area contributed by atoms with Gasteiger partial charge in [0.05, 0.1) is 24.4 Å². The van der Waals surface area contributed by atoms with E-state index in [4.69, 9.17) is 4.74 Å². The molecular weight excluding hydrogens is 690 g/mol. The van der Waals surface area contributed by atoms with Crippen LogP contribution in [0.25, 0.3) is 0 Å². The minimum absolute atomic E-state index is 0.0225. The molecule has 280 valence electrons. The van der Waals surface area contributed by atoms with Gasteiger partial charge in [-0.25, -0.2) is 17.6 Å². The second-order valence-corrected chi connectivity index (χ2v) is 16.3. The largest absolute Gasteiger partial charge is 0.444 e. The van der Waals surface area contributed by atoms with Crippen LogP contribution in [0.3, 0.4) is 0 Å². The first-order valence-corrected chi connectivity index (χ1v) is 19.8. The van der Waals surface area contributed by atoms with Crippen LogP contribution in [0.4, 0.5) is 9.18 Å². The van der Waals surface area contributed by atoms with E-state index in [2.05, 4.69) is 21.4 Å². The fourth-order valence-corrected chi connectivity index (χ4v) is 8.32. The van der Waals surface area contributed by atoms with Crippen molar-refractivity contribution < 1.29 is 36.7 Å². The summed E-state index contributed by atoms with van der Waals surface area (Å²) in [6.07, 6.45) is 8.14. The van der Waals surface area contributed by atoms with Gasteiger partial charge in [0.2, 0.25) is 21.8 Å². The molecule has 2 aromatic rings. The van der Waals surface area contributed by atoms with Gasteiger partial charge in [-0.05, 0) is 69.1 Å². The van der Waals surface area contributed by atoms with Gasteiger partial charge in [-0.15, -0.1) is 0 Å². The third-order valence-corrected chi connectivity index (χ3v) is 12.2. The van der Waals surface area contributed by atoms with Crippen molar-refractivity contribution in [2.24, 2.45) is 0 Å². The number of ether oxygens (including phenoxy) is 1. The van der Waals surface area contributed by atoms with E-state index in [0.717, 1.165) is 31.2 Å². The molecule has 0 radical (unpaired) electrons. The molecule has 52 heavy (non-hydrogen) atoms. The Hall–Kier alpha value is -4.30. The average molecular weight is 738 g/mol. The lowest BCUT2D eigenvalue weighted by atomic mass is 10.0. The summed E-state index contributed by atoms with van der Waals surface area (Å²) in [7, 11) is -3.83. The van der Waals surface area contributed by atoms with Gasteiger partial charge in [0.15, 0.2) is 0 Å². The van der Waals surface area contributed by atoms with E-state index in [9.17, 15) is 32.0 Å². The number of unbranched alkanes of at least 4 members (excludes halogenated alkanes) is 3. The van der Waals surface area contributed by atoms with Crippen LogP contribution in [0.15, 0.2) is 60.7 Å². The minimum Gasteiger partial charge on any atom is -0.444 e. The van der Waals surface area contributed by atoms with Crippen molar-refractivity contribution in [2.75, 3.05) is 6.54 Å². The molecule has 0 unspecified atom stereocenters. The van der Waals surface area contributed by atoms with Crippen LogP contribution in [0.5, 0.6) is 0 Å². The van der Waals surface area contributed by atoms with Crippen molar-refractivity contribution in [1.82, 2.24) is 25.2 Å². The van der Waals surface area contributed by atoms with Crippen LogP contribution in [0, 0.1) is 5.82 Å². The normalized spacial score (nSPS) is 21.1. The van der Waals surface area contributed by atoms with E-state index in [1.165, 1.54) is 15.9 Å². The third kappa shape index (κ3) is 9.00. The lowest BCUT2D eigenvalue weighted by molar-refractivity contribution is -0.141. The van der Waals surface area contributed by atoms with Crippen molar-refractivity contribution in [2.45, 2.75) is 120 Å². The van der Waals surface area contributed by atoms with Crippen LogP contribution in [0.2, 0.25) is 0 Å². The highest BCUT2D eigenvalue weighted by Crippen LogP contribution is 2.38. The number of allylic oxidation sites excluding steroid dienone is 2. The Morgan fingerprint density at radius 2 is 1.79 bits per heavy atom. The van der Waals surface area contributed by atoms with E-state index >= 15 is 0 Å². The van der Waals surface area contributed by atoms with Crippen molar-refractivity contribution >= 4 is 33.8 Å². The number of benzene rings is 2. The van der Waals surface area contributed by atoms with Gasteiger partial charge in [-0.3, -0.25) is 24.0 Å². The van der Waals surface area contributed by atoms with Gasteiger partial charge in [0, 0.05) is 25.1 Å². The number of amides is 4. The van der Waals surface area contributed by atoms with E-state index in [1.807, 2.05) is 43.3 Å². The lowest BCUT2D eigenvalue weighted by Crippen LogP contribution is -2.57. The summed E-state index contributed by atoms with van der Waals surface area (Å²) in [6.45, 7) is 2.56. The number of hydrogen-bond acceptors (Lipinski definition) is 8. The number of nitrogens with one attached hydrogen (secondary N) is 3. The SMILES string of the molecule is C/C=C\CCCCC[C@H](NCc1ccccc1)C(=O)N1C[C@H](OC(=O)N2Cc3cccc(F)c3C2)C[C@H]1C(=O)NC1(C(=O)NS(=O)(=O)C2CC2)CC1. The van der Waals surface area contributed by atoms with Crippen molar-refractivity contribution in [3.8, 4) is 0 Å². The predicted molar refractivity (Wildman–Crippen MR) is 191 cm³/mol. The molecule has 4 aliphatic rings. The highest BCUT2D eigenvalue weighted by molar-refractivity contribution is 7.91. The minimum atomic E-state index is -3.83. The molecule has 3 atom stereocenters. The number of rotatable bonds is 16. The fourth-order valence-electron chi connectivity index (χ4n) is 6.95. The van der Waals surface area contributed by atoms with Gasteiger partial charge < -0.3 is 20.3 Å². The molecule has 6 rings (SSSR count). The molecule has 2 aliphatic heterocycles. The summed E-state index contributed by atoms with van der Waals surface area (Å²) in [6, 6.07) is 12.6. The molecule has 14 heteroatoms. The Kier molecular flexibility index (Phi) is 11.6. The highest BCUT2D eigenvalue weighted by Gasteiger charge is 2.55. The highest BCUT2D eigenvalue weighted by atomic mass is 32.2. The van der Waals surface area contributed by atoms with Crippen molar-refractivity contribution in [3.05, 3.63) is 83.2 Å². The number of hydrogen-bond donors (Lipinski definition) is 3. The maximum atomic E-state index is 14.4. The zero-order valence-electron chi connectivity index (χ0n) is 29.5. The zero-order valence-corrected chi connectivity index (χ0v) is 30.3. The lowest BCUT2D eigenvalue weighted by Gasteiger charge is -2.30. The first kappa shape index (κ1) is 37.5. The molecular formula is C38H48FN5O7S. The fraction of sp³-hybridized carbons (Fsp3) is 0.526. The van der Waals surface area contributed by atoms with E-state index in [0.29, 0.717) is 36.9 Å². The summed E-state index contributed by atoms with van der Waals surface area (Å²) in [5.74, 6) is -2.13. The van der Waals surface area contributed by atoms with Crippen LogP contribution >= 0.6 is 0 Å². The molecule has 0 aromatic heterocycles. The Morgan fingerprint density at radius 3 is 2.48 bits per heavy atom. The van der Waals surface area contributed by atoms with Crippen LogP contribution in [0.1, 0.15) is 87.8 Å². The number of sulfonamides is 1. The summed E-state index contributed by atoms with van der Waals surface area (Å²) in [4.78, 5) is 57.7. The average Bonchev–Trinajstić information content (AvgIpc) is 4.05. The molecule has 0 spiro atoms.